The van der Waals surface area contributed by atoms with Crippen molar-refractivity contribution in [3.63, 3.8) is 0 Å². The summed E-state index contributed by atoms with van der Waals surface area (Å²) >= 11 is 5.72. The molecule has 0 atom stereocenters. The zero-order valence-electron chi connectivity index (χ0n) is 10.6. The van der Waals surface area contributed by atoms with Crippen LogP contribution >= 0.6 is 11.6 Å². The highest BCUT2D eigenvalue weighted by atomic mass is 35.5. The summed E-state index contributed by atoms with van der Waals surface area (Å²) in [5, 5.41) is 13.8. The van der Waals surface area contributed by atoms with E-state index in [1.165, 1.54) is 18.2 Å². The minimum absolute atomic E-state index is 0.0374. The Hall–Kier alpha value is -1.62. The molecule has 0 radical (unpaired) electrons. The van der Waals surface area contributed by atoms with Gasteiger partial charge in [-0.1, -0.05) is 18.5 Å². The van der Waals surface area contributed by atoms with Gasteiger partial charge < -0.3 is 5.32 Å². The van der Waals surface area contributed by atoms with Crippen molar-refractivity contribution in [2.24, 2.45) is 0 Å². The van der Waals surface area contributed by atoms with Gasteiger partial charge in [-0.15, -0.1) is 0 Å². The summed E-state index contributed by atoms with van der Waals surface area (Å²) < 4.78 is 0. The third-order valence-electron chi connectivity index (χ3n) is 3.77. The molecule has 1 aromatic carbocycles. The van der Waals surface area contributed by atoms with E-state index in [2.05, 4.69) is 5.32 Å². The Kier molecular flexibility index (Phi) is 3.75. The fourth-order valence-corrected chi connectivity index (χ4v) is 2.46. The van der Waals surface area contributed by atoms with Gasteiger partial charge in [0.2, 0.25) is 0 Å². The Balaban J connectivity index is 2.20. The van der Waals surface area contributed by atoms with Gasteiger partial charge in [0.25, 0.3) is 11.6 Å². The number of carbonyl (C=O) groups excluding carboxylic acids is 1. The van der Waals surface area contributed by atoms with E-state index in [-0.39, 0.29) is 27.7 Å². The van der Waals surface area contributed by atoms with E-state index >= 15 is 0 Å². The van der Waals surface area contributed by atoms with Crippen LogP contribution < -0.4 is 5.32 Å². The normalized spacial score (nSPS) is 16.5. The molecule has 0 heterocycles. The van der Waals surface area contributed by atoms with Crippen molar-refractivity contribution >= 4 is 23.2 Å². The van der Waals surface area contributed by atoms with E-state index in [4.69, 9.17) is 11.6 Å². The van der Waals surface area contributed by atoms with E-state index in [0.717, 1.165) is 25.7 Å². The van der Waals surface area contributed by atoms with E-state index in [0.29, 0.717) is 0 Å². The summed E-state index contributed by atoms with van der Waals surface area (Å²) in [7, 11) is 0. The Morgan fingerprint density at radius 2 is 2.21 bits per heavy atom. The molecule has 1 aliphatic rings. The van der Waals surface area contributed by atoms with Crippen LogP contribution in [0.5, 0.6) is 0 Å². The number of rotatable bonds is 4. The fraction of sp³-hybridized carbons (Fsp3) is 0.462. The van der Waals surface area contributed by atoms with Gasteiger partial charge in [-0.3, -0.25) is 14.9 Å². The van der Waals surface area contributed by atoms with Crippen molar-refractivity contribution in [2.75, 3.05) is 0 Å². The molecule has 2 rings (SSSR count). The van der Waals surface area contributed by atoms with E-state index in [9.17, 15) is 14.9 Å². The van der Waals surface area contributed by atoms with E-state index in [1.54, 1.807) is 0 Å². The summed E-state index contributed by atoms with van der Waals surface area (Å²) in [5.74, 6) is -0.277. The van der Waals surface area contributed by atoms with Crippen LogP contribution in [0.3, 0.4) is 0 Å². The average Bonchev–Trinajstić information content (AvgIpc) is 2.33. The topological polar surface area (TPSA) is 72.2 Å². The van der Waals surface area contributed by atoms with Crippen molar-refractivity contribution in [1.29, 1.82) is 0 Å². The van der Waals surface area contributed by atoms with Crippen LogP contribution in [-0.4, -0.2) is 16.4 Å². The average molecular weight is 283 g/mol. The number of nitrogens with one attached hydrogen (secondary N) is 1. The van der Waals surface area contributed by atoms with Crippen molar-refractivity contribution < 1.29 is 9.72 Å². The number of nitrogens with zero attached hydrogens (tertiary/aromatic N) is 1. The molecule has 19 heavy (non-hydrogen) atoms. The first-order valence-electron chi connectivity index (χ1n) is 6.24. The molecule has 102 valence electrons. The molecular formula is C13H15ClN2O3. The van der Waals surface area contributed by atoms with Crippen LogP contribution in [0.1, 0.15) is 43.0 Å². The molecule has 1 amide bonds. The first-order valence-corrected chi connectivity index (χ1v) is 6.62. The highest BCUT2D eigenvalue weighted by Gasteiger charge is 2.36. The maximum Gasteiger partial charge on any atom is 0.288 e. The van der Waals surface area contributed by atoms with Gasteiger partial charge in [0.1, 0.15) is 5.02 Å². The van der Waals surface area contributed by atoms with Gasteiger partial charge in [0.15, 0.2) is 0 Å². The highest BCUT2D eigenvalue weighted by Crippen LogP contribution is 2.35. The molecule has 1 aromatic rings. The number of hydrogen-bond donors (Lipinski definition) is 1. The lowest BCUT2D eigenvalue weighted by Crippen LogP contribution is -2.52. The van der Waals surface area contributed by atoms with Crippen LogP contribution in [0.4, 0.5) is 5.69 Å². The predicted molar refractivity (Wildman–Crippen MR) is 72.4 cm³/mol. The summed E-state index contributed by atoms with van der Waals surface area (Å²) in [6, 6.07) is 4.11. The van der Waals surface area contributed by atoms with Gasteiger partial charge in [0, 0.05) is 17.2 Å². The molecule has 1 aliphatic carbocycles. The molecule has 1 saturated carbocycles. The van der Waals surface area contributed by atoms with E-state index < -0.39 is 4.92 Å². The number of benzene rings is 1. The number of nitro groups is 1. The maximum atomic E-state index is 12.1. The van der Waals surface area contributed by atoms with Crippen molar-refractivity contribution in [1.82, 2.24) is 5.32 Å². The number of amides is 1. The summed E-state index contributed by atoms with van der Waals surface area (Å²) in [4.78, 5) is 22.3. The molecule has 1 N–H and O–H groups in total. The maximum absolute atomic E-state index is 12.1. The van der Waals surface area contributed by atoms with Gasteiger partial charge in [-0.2, -0.15) is 0 Å². The third-order valence-corrected chi connectivity index (χ3v) is 4.09. The molecule has 1 fully saturated rings. The standard InChI is InChI=1S/C13H15ClN2O3/c1-2-13(6-3-7-13)15-12(17)9-4-5-10(14)11(8-9)16(18)19/h4-5,8H,2-3,6-7H2,1H3,(H,15,17). The summed E-state index contributed by atoms with van der Waals surface area (Å²) in [6.07, 6.45) is 3.90. The summed E-state index contributed by atoms with van der Waals surface area (Å²) in [6.45, 7) is 2.03. The number of halogens is 1. The fourth-order valence-electron chi connectivity index (χ4n) is 2.28. The Morgan fingerprint density at radius 3 is 2.68 bits per heavy atom. The van der Waals surface area contributed by atoms with Crippen LogP contribution in [-0.2, 0) is 0 Å². The van der Waals surface area contributed by atoms with Gasteiger partial charge in [-0.25, -0.2) is 0 Å². The quantitative estimate of drug-likeness (QED) is 0.680. The molecule has 0 saturated heterocycles. The minimum atomic E-state index is -0.585. The highest BCUT2D eigenvalue weighted by molar-refractivity contribution is 6.32. The molecule has 6 heteroatoms. The van der Waals surface area contributed by atoms with Crippen LogP contribution in [0.15, 0.2) is 18.2 Å². The first-order chi connectivity index (χ1) is 8.97. The SMILES string of the molecule is CCC1(NC(=O)c2ccc(Cl)c([N+](=O)[O-])c2)CCC1. The number of hydrogen-bond acceptors (Lipinski definition) is 3. The van der Waals surface area contributed by atoms with Gasteiger partial charge in [-0.05, 0) is 37.8 Å². The molecule has 0 aromatic heterocycles. The van der Waals surface area contributed by atoms with Crippen LogP contribution in [0.2, 0.25) is 5.02 Å². The van der Waals surface area contributed by atoms with Crippen LogP contribution in [0.25, 0.3) is 0 Å². The second-order valence-electron chi connectivity index (χ2n) is 4.86. The molecule has 0 aliphatic heterocycles. The molecule has 0 unspecified atom stereocenters. The first kappa shape index (κ1) is 13.8. The van der Waals surface area contributed by atoms with E-state index in [1.807, 2.05) is 6.92 Å². The second kappa shape index (κ2) is 5.17. The lowest BCUT2D eigenvalue weighted by atomic mass is 9.74. The third kappa shape index (κ3) is 2.71. The zero-order valence-corrected chi connectivity index (χ0v) is 11.4. The Bertz CT molecular complexity index is 521. The molecule has 5 nitrogen and oxygen atoms in total. The monoisotopic (exact) mass is 282 g/mol. The van der Waals surface area contributed by atoms with Crippen molar-refractivity contribution in [3.05, 3.63) is 38.9 Å². The second-order valence-corrected chi connectivity index (χ2v) is 5.27. The lowest BCUT2D eigenvalue weighted by molar-refractivity contribution is -0.384. The Morgan fingerprint density at radius 1 is 1.53 bits per heavy atom. The summed E-state index contributed by atoms with van der Waals surface area (Å²) in [5.41, 5.74) is -0.102. The predicted octanol–water partition coefficient (Wildman–Crippen LogP) is 3.31. The van der Waals surface area contributed by atoms with Crippen molar-refractivity contribution in [2.45, 2.75) is 38.1 Å². The van der Waals surface area contributed by atoms with Gasteiger partial charge >= 0.3 is 0 Å². The molecule has 0 bridgehead atoms. The minimum Gasteiger partial charge on any atom is -0.347 e. The zero-order chi connectivity index (χ0) is 14.0. The smallest absolute Gasteiger partial charge is 0.288 e. The van der Waals surface area contributed by atoms with Gasteiger partial charge in [0.05, 0.1) is 4.92 Å². The largest absolute Gasteiger partial charge is 0.347 e. The molecule has 0 spiro atoms. The number of carbonyl (C=O) groups is 1. The Labute approximate surface area is 116 Å². The number of nitro benzene ring substituents is 1. The van der Waals surface area contributed by atoms with Crippen LogP contribution in [0, 0.1) is 10.1 Å². The van der Waals surface area contributed by atoms with Crippen molar-refractivity contribution in [3.8, 4) is 0 Å². The lowest BCUT2D eigenvalue weighted by Gasteiger charge is -2.42. The molecular weight excluding hydrogens is 268 g/mol.